The van der Waals surface area contributed by atoms with Crippen LogP contribution in [-0.4, -0.2) is 23.0 Å². The predicted octanol–water partition coefficient (Wildman–Crippen LogP) is 8.46. The van der Waals surface area contributed by atoms with Crippen molar-refractivity contribution in [2.45, 2.75) is 6.61 Å². The van der Waals surface area contributed by atoms with Gasteiger partial charge in [-0.3, -0.25) is 4.79 Å². The molecular weight excluding hydrogens is 674 g/mol. The van der Waals surface area contributed by atoms with Crippen molar-refractivity contribution < 1.29 is 13.9 Å². The Morgan fingerprint density at radius 2 is 1.83 bits per heavy atom. The van der Waals surface area contributed by atoms with E-state index >= 15 is 0 Å². The van der Waals surface area contributed by atoms with Gasteiger partial charge in [-0.25, -0.2) is 4.98 Å². The maximum Gasteiger partial charge on any atom is 0.282 e. The molecule has 0 aliphatic rings. The Hall–Kier alpha value is -3.92. The average Bonchev–Trinajstić information content (AvgIpc) is 3.39. The van der Waals surface area contributed by atoms with Crippen LogP contribution in [0.3, 0.4) is 0 Å². The Bertz CT molecular complexity index is 2020. The molecule has 6 rings (SSSR count). The molecular formula is C31H20Br2ClN3O4. The molecule has 0 fully saturated rings. The summed E-state index contributed by atoms with van der Waals surface area (Å²) < 4.78 is 20.5. The summed E-state index contributed by atoms with van der Waals surface area (Å²) in [5, 5.41) is 6.48. The van der Waals surface area contributed by atoms with Crippen LogP contribution in [0, 0.1) is 0 Å². The maximum atomic E-state index is 13.6. The van der Waals surface area contributed by atoms with Gasteiger partial charge in [0.2, 0.25) is 5.82 Å². The number of benzene rings is 4. The largest absolute Gasteiger partial charge is 0.493 e. The van der Waals surface area contributed by atoms with Crippen molar-refractivity contribution in [3.05, 3.63) is 120 Å². The molecule has 0 N–H and O–H groups in total. The van der Waals surface area contributed by atoms with E-state index in [1.165, 1.54) is 4.68 Å². The molecule has 41 heavy (non-hydrogen) atoms. The third kappa shape index (κ3) is 5.53. The first-order valence-electron chi connectivity index (χ1n) is 12.4. The van der Waals surface area contributed by atoms with E-state index in [0.29, 0.717) is 48.8 Å². The smallest absolute Gasteiger partial charge is 0.282 e. The normalized spacial score (nSPS) is 11.5. The summed E-state index contributed by atoms with van der Waals surface area (Å²) >= 11 is 13.4. The van der Waals surface area contributed by atoms with Gasteiger partial charge in [0, 0.05) is 20.4 Å². The number of hydrogen-bond acceptors (Lipinski definition) is 6. The van der Waals surface area contributed by atoms with Crippen LogP contribution in [-0.2, 0) is 6.61 Å². The van der Waals surface area contributed by atoms with Gasteiger partial charge in [0.25, 0.3) is 5.56 Å². The molecule has 0 aliphatic carbocycles. The Morgan fingerprint density at radius 3 is 2.66 bits per heavy atom. The molecule has 0 unspecified atom stereocenters. The standard InChI is InChI=1S/C31H20Br2ClN3O4/c1-39-27-13-18(12-23(33)29(27)40-17-19-6-2-4-8-24(19)34)16-35-37-30(36-25-9-5-3-7-22(25)31(37)38)28-15-20-14-21(32)10-11-26(20)41-28/h2-16H,17H2,1H3. The Labute approximate surface area is 256 Å². The second kappa shape index (κ2) is 11.5. The first-order chi connectivity index (χ1) is 19.9. The zero-order chi connectivity index (χ0) is 28.5. The highest BCUT2D eigenvalue weighted by Gasteiger charge is 2.17. The number of halogens is 3. The predicted molar refractivity (Wildman–Crippen MR) is 168 cm³/mol. The van der Waals surface area contributed by atoms with Crippen LogP contribution in [0.2, 0.25) is 5.02 Å². The van der Waals surface area contributed by atoms with Gasteiger partial charge in [0.1, 0.15) is 12.2 Å². The number of ether oxygens (including phenoxy) is 2. The van der Waals surface area contributed by atoms with E-state index in [1.807, 2.05) is 60.7 Å². The van der Waals surface area contributed by atoms with Gasteiger partial charge in [-0.05, 0) is 76.1 Å². The summed E-state index contributed by atoms with van der Waals surface area (Å²) in [6.45, 7) is 0.262. The molecule has 7 nitrogen and oxygen atoms in total. The van der Waals surface area contributed by atoms with Crippen LogP contribution in [0.5, 0.6) is 11.5 Å². The second-order valence-corrected chi connectivity index (χ2v) is 11.2. The molecule has 0 saturated heterocycles. The molecule has 10 heteroatoms. The molecule has 0 amide bonds. The fourth-order valence-electron chi connectivity index (χ4n) is 4.36. The van der Waals surface area contributed by atoms with E-state index in [2.05, 4.69) is 37.0 Å². The van der Waals surface area contributed by atoms with Gasteiger partial charge in [-0.15, -0.1) is 0 Å². The summed E-state index contributed by atoms with van der Waals surface area (Å²) in [5.74, 6) is 1.70. The molecule has 6 aromatic rings. The number of rotatable bonds is 7. The highest BCUT2D eigenvalue weighted by Crippen LogP contribution is 2.37. The fraction of sp³-hybridized carbons (Fsp3) is 0.0645. The molecule has 4 aromatic carbocycles. The number of aromatic nitrogens is 2. The summed E-state index contributed by atoms with van der Waals surface area (Å²) in [7, 11) is 1.56. The SMILES string of the molecule is COc1cc(C=Nn2c(-c3cc4cc(Br)ccc4o3)nc3ccccc3c2=O)cc(Br)c1OCc1ccccc1Cl. The quantitative estimate of drug-likeness (QED) is 0.157. The number of fused-ring (bicyclic) bond motifs is 2. The van der Waals surface area contributed by atoms with Crippen molar-refractivity contribution in [2.75, 3.05) is 7.11 Å². The van der Waals surface area contributed by atoms with Crippen molar-refractivity contribution in [2.24, 2.45) is 5.10 Å². The van der Waals surface area contributed by atoms with E-state index < -0.39 is 0 Å². The Balaban J connectivity index is 1.40. The molecule has 0 atom stereocenters. The van der Waals surface area contributed by atoms with E-state index in [9.17, 15) is 4.79 Å². The summed E-state index contributed by atoms with van der Waals surface area (Å²) in [5.41, 5.74) is 2.40. The van der Waals surface area contributed by atoms with E-state index in [1.54, 1.807) is 37.6 Å². The molecule has 0 bridgehead atoms. The molecule has 0 radical (unpaired) electrons. The topological polar surface area (TPSA) is 78.9 Å². The lowest BCUT2D eigenvalue weighted by Gasteiger charge is -2.14. The summed E-state index contributed by atoms with van der Waals surface area (Å²) in [6, 6.07) is 25.7. The van der Waals surface area contributed by atoms with Crippen molar-refractivity contribution in [1.82, 2.24) is 9.66 Å². The number of para-hydroxylation sites is 1. The van der Waals surface area contributed by atoms with Crippen molar-refractivity contribution in [3.8, 4) is 23.1 Å². The van der Waals surface area contributed by atoms with Crippen LogP contribution < -0.4 is 15.0 Å². The van der Waals surface area contributed by atoms with Gasteiger partial charge >= 0.3 is 0 Å². The zero-order valence-corrected chi connectivity index (χ0v) is 25.4. The fourth-order valence-corrected chi connectivity index (χ4v) is 5.50. The first kappa shape index (κ1) is 27.3. The lowest BCUT2D eigenvalue weighted by atomic mass is 10.2. The van der Waals surface area contributed by atoms with Gasteiger partial charge < -0.3 is 13.9 Å². The monoisotopic (exact) mass is 691 g/mol. The summed E-state index contributed by atoms with van der Waals surface area (Å²) in [4.78, 5) is 18.3. The third-order valence-electron chi connectivity index (χ3n) is 6.36. The number of methoxy groups -OCH3 is 1. The van der Waals surface area contributed by atoms with Crippen LogP contribution in [0.15, 0.2) is 108 Å². The van der Waals surface area contributed by atoms with Crippen LogP contribution >= 0.6 is 43.5 Å². The number of furan rings is 1. The number of nitrogens with zero attached hydrogens (tertiary/aromatic N) is 3. The molecule has 0 saturated carbocycles. The molecule has 0 aliphatic heterocycles. The van der Waals surface area contributed by atoms with Gasteiger partial charge in [0.15, 0.2) is 17.3 Å². The Morgan fingerprint density at radius 1 is 1.02 bits per heavy atom. The minimum atomic E-state index is -0.325. The average molecular weight is 694 g/mol. The van der Waals surface area contributed by atoms with Crippen molar-refractivity contribution >= 4 is 71.5 Å². The molecule has 0 spiro atoms. The lowest BCUT2D eigenvalue weighted by Crippen LogP contribution is -2.20. The van der Waals surface area contributed by atoms with Gasteiger partial charge in [-0.2, -0.15) is 9.78 Å². The zero-order valence-electron chi connectivity index (χ0n) is 21.5. The van der Waals surface area contributed by atoms with Crippen molar-refractivity contribution in [1.29, 1.82) is 0 Å². The lowest BCUT2D eigenvalue weighted by molar-refractivity contribution is 0.282. The minimum absolute atomic E-state index is 0.262. The van der Waals surface area contributed by atoms with E-state index in [-0.39, 0.29) is 18.0 Å². The van der Waals surface area contributed by atoms with Crippen LogP contribution in [0.25, 0.3) is 33.5 Å². The van der Waals surface area contributed by atoms with Crippen LogP contribution in [0.1, 0.15) is 11.1 Å². The first-order valence-corrected chi connectivity index (χ1v) is 14.4. The minimum Gasteiger partial charge on any atom is -0.493 e. The highest BCUT2D eigenvalue weighted by molar-refractivity contribution is 9.10. The molecule has 204 valence electrons. The summed E-state index contributed by atoms with van der Waals surface area (Å²) in [6.07, 6.45) is 1.56. The molecule has 2 heterocycles. The van der Waals surface area contributed by atoms with Crippen molar-refractivity contribution in [3.63, 3.8) is 0 Å². The van der Waals surface area contributed by atoms with Gasteiger partial charge in [0.05, 0.1) is 28.7 Å². The van der Waals surface area contributed by atoms with E-state index in [4.69, 9.17) is 30.5 Å². The second-order valence-electron chi connectivity index (χ2n) is 9.02. The van der Waals surface area contributed by atoms with E-state index in [0.717, 1.165) is 15.4 Å². The molecule has 2 aromatic heterocycles. The maximum absolute atomic E-state index is 13.6. The van der Waals surface area contributed by atoms with Gasteiger partial charge in [-0.1, -0.05) is 57.9 Å². The Kier molecular flexibility index (Phi) is 7.66. The highest BCUT2D eigenvalue weighted by atomic mass is 79.9. The van der Waals surface area contributed by atoms with Crippen LogP contribution in [0.4, 0.5) is 0 Å². The third-order valence-corrected chi connectivity index (χ3v) is 7.81. The number of hydrogen-bond donors (Lipinski definition) is 0.